The smallest absolute Gasteiger partial charge is 0.251 e. The van der Waals surface area contributed by atoms with Crippen molar-refractivity contribution in [2.75, 3.05) is 25.4 Å². The number of hydrogen-bond acceptors (Lipinski definition) is 5. The molecule has 2 rings (SSSR count). The van der Waals surface area contributed by atoms with Crippen molar-refractivity contribution >= 4 is 17.5 Å². The lowest BCUT2D eigenvalue weighted by atomic mass is 10.0. The number of benzene rings is 1. The maximum atomic E-state index is 12.1. The van der Waals surface area contributed by atoms with Gasteiger partial charge in [-0.2, -0.15) is 0 Å². The van der Waals surface area contributed by atoms with Crippen molar-refractivity contribution < 1.29 is 14.7 Å². The summed E-state index contributed by atoms with van der Waals surface area (Å²) >= 11 is 0. The third kappa shape index (κ3) is 4.09. The van der Waals surface area contributed by atoms with Crippen LogP contribution in [0.25, 0.3) is 0 Å². The Hall–Kier alpha value is -2.28. The predicted molar refractivity (Wildman–Crippen MR) is 78.6 cm³/mol. The molecule has 1 saturated heterocycles. The van der Waals surface area contributed by atoms with E-state index in [1.807, 2.05) is 4.90 Å². The highest BCUT2D eigenvalue weighted by molar-refractivity contribution is 5.95. The van der Waals surface area contributed by atoms with Gasteiger partial charge in [0.25, 0.3) is 5.91 Å². The molecule has 7 nitrogen and oxygen atoms in total. The summed E-state index contributed by atoms with van der Waals surface area (Å²) in [5.41, 5.74) is 11.3. The van der Waals surface area contributed by atoms with Crippen LogP contribution in [0, 0.1) is 0 Å². The monoisotopic (exact) mass is 292 g/mol. The number of likely N-dealkylation sites (tertiary alicyclic amines) is 1. The highest BCUT2D eigenvalue weighted by Crippen LogP contribution is 2.21. The van der Waals surface area contributed by atoms with E-state index in [-0.39, 0.29) is 35.8 Å². The molecule has 1 fully saturated rings. The van der Waals surface area contributed by atoms with E-state index < -0.39 is 0 Å². The third-order valence-electron chi connectivity index (χ3n) is 3.59. The van der Waals surface area contributed by atoms with Crippen molar-refractivity contribution in [1.82, 2.24) is 10.2 Å². The lowest BCUT2D eigenvalue weighted by Gasteiger charge is -2.31. The van der Waals surface area contributed by atoms with Gasteiger partial charge in [-0.05, 0) is 31.0 Å². The lowest BCUT2D eigenvalue weighted by Crippen LogP contribution is -2.46. The van der Waals surface area contributed by atoms with Crippen molar-refractivity contribution in [3.63, 3.8) is 0 Å². The minimum absolute atomic E-state index is 0.0568. The standard InChI is InChI=1S/C14H20N4O3/c15-11-2-1-9(7-12(11)19)14(21)17-10-3-5-18(6-4-10)8-13(16)20/h1-2,7,10,19H,3-6,8,15H2,(H2,16,20)(H,17,21). The van der Waals surface area contributed by atoms with Gasteiger partial charge in [-0.25, -0.2) is 0 Å². The number of rotatable bonds is 4. The van der Waals surface area contributed by atoms with E-state index in [9.17, 15) is 14.7 Å². The number of phenolic OH excluding ortho intramolecular Hbond substituents is 1. The van der Waals surface area contributed by atoms with Crippen LogP contribution >= 0.6 is 0 Å². The molecule has 7 heteroatoms. The fraction of sp³-hybridized carbons (Fsp3) is 0.429. The Balaban J connectivity index is 1.86. The average molecular weight is 292 g/mol. The molecule has 0 aromatic heterocycles. The topological polar surface area (TPSA) is 122 Å². The summed E-state index contributed by atoms with van der Waals surface area (Å²) in [5.74, 6) is -0.674. The number of hydrogen-bond donors (Lipinski definition) is 4. The van der Waals surface area contributed by atoms with Crippen LogP contribution in [0.3, 0.4) is 0 Å². The number of aromatic hydroxyl groups is 1. The number of amides is 2. The van der Waals surface area contributed by atoms with Crippen LogP contribution < -0.4 is 16.8 Å². The van der Waals surface area contributed by atoms with Crippen LogP contribution in [0.5, 0.6) is 5.75 Å². The van der Waals surface area contributed by atoms with Gasteiger partial charge < -0.3 is 21.9 Å². The molecule has 1 heterocycles. The summed E-state index contributed by atoms with van der Waals surface area (Å²) in [5, 5.41) is 12.4. The number of nitrogen functional groups attached to an aromatic ring is 1. The zero-order valence-electron chi connectivity index (χ0n) is 11.7. The van der Waals surface area contributed by atoms with E-state index in [1.54, 1.807) is 6.07 Å². The van der Waals surface area contributed by atoms with E-state index in [1.165, 1.54) is 12.1 Å². The lowest BCUT2D eigenvalue weighted by molar-refractivity contribution is -0.119. The Morgan fingerprint density at radius 2 is 2.00 bits per heavy atom. The van der Waals surface area contributed by atoms with Gasteiger partial charge in [-0.1, -0.05) is 0 Å². The number of nitrogens with one attached hydrogen (secondary N) is 1. The van der Waals surface area contributed by atoms with Crippen molar-refractivity contribution in [2.45, 2.75) is 18.9 Å². The summed E-state index contributed by atoms with van der Waals surface area (Å²) in [6.45, 7) is 1.70. The van der Waals surface area contributed by atoms with Gasteiger partial charge >= 0.3 is 0 Å². The molecule has 0 bridgehead atoms. The van der Waals surface area contributed by atoms with Crippen LogP contribution in [0.2, 0.25) is 0 Å². The minimum Gasteiger partial charge on any atom is -0.506 e. The molecule has 2 amide bonds. The number of phenols is 1. The second-order valence-electron chi connectivity index (χ2n) is 5.26. The summed E-state index contributed by atoms with van der Waals surface area (Å²) in [6.07, 6.45) is 1.53. The van der Waals surface area contributed by atoms with Crippen molar-refractivity contribution in [3.05, 3.63) is 23.8 Å². The van der Waals surface area contributed by atoms with Crippen molar-refractivity contribution in [1.29, 1.82) is 0 Å². The van der Waals surface area contributed by atoms with Crippen LogP contribution in [0.4, 0.5) is 5.69 Å². The summed E-state index contributed by atoms with van der Waals surface area (Å²) in [4.78, 5) is 24.9. The zero-order chi connectivity index (χ0) is 15.4. The highest BCUT2D eigenvalue weighted by Gasteiger charge is 2.22. The molecule has 0 spiro atoms. The molecule has 0 radical (unpaired) electrons. The highest BCUT2D eigenvalue weighted by atomic mass is 16.3. The third-order valence-corrected chi connectivity index (χ3v) is 3.59. The molecule has 1 aliphatic rings. The first-order valence-electron chi connectivity index (χ1n) is 6.85. The quantitative estimate of drug-likeness (QED) is 0.446. The largest absolute Gasteiger partial charge is 0.506 e. The fourth-order valence-electron chi connectivity index (χ4n) is 2.41. The SMILES string of the molecule is NC(=O)CN1CCC(NC(=O)c2ccc(N)c(O)c2)CC1. The van der Waals surface area contributed by atoms with Crippen molar-refractivity contribution in [3.8, 4) is 5.75 Å². The first-order chi connectivity index (χ1) is 9.95. The predicted octanol–water partition coefficient (Wildman–Crippen LogP) is -0.346. The summed E-state index contributed by atoms with van der Waals surface area (Å²) in [6, 6.07) is 4.49. The van der Waals surface area contributed by atoms with Crippen LogP contribution in [0.15, 0.2) is 18.2 Å². The van der Waals surface area contributed by atoms with E-state index in [0.29, 0.717) is 5.56 Å². The molecule has 0 aliphatic carbocycles. The first-order valence-corrected chi connectivity index (χ1v) is 6.85. The molecule has 1 aliphatic heterocycles. The van der Waals surface area contributed by atoms with Gasteiger partial charge in [0.2, 0.25) is 5.91 Å². The molecule has 0 saturated carbocycles. The normalized spacial score (nSPS) is 16.6. The van der Waals surface area contributed by atoms with Crippen LogP contribution in [0.1, 0.15) is 23.2 Å². The maximum absolute atomic E-state index is 12.1. The van der Waals surface area contributed by atoms with Crippen molar-refractivity contribution in [2.24, 2.45) is 5.73 Å². The second kappa shape index (κ2) is 6.45. The molecule has 6 N–H and O–H groups in total. The number of nitrogens with zero attached hydrogens (tertiary/aromatic N) is 1. The first kappa shape index (κ1) is 15.1. The molecule has 0 atom stereocenters. The molecule has 1 aromatic carbocycles. The van der Waals surface area contributed by atoms with E-state index in [2.05, 4.69) is 5.32 Å². The van der Waals surface area contributed by atoms with E-state index in [0.717, 1.165) is 25.9 Å². The number of primary amides is 1. The Bertz CT molecular complexity index is 539. The maximum Gasteiger partial charge on any atom is 0.251 e. The minimum atomic E-state index is -0.338. The Morgan fingerprint density at radius 3 is 2.57 bits per heavy atom. The number of piperidine rings is 1. The summed E-state index contributed by atoms with van der Waals surface area (Å²) in [7, 11) is 0. The molecule has 114 valence electrons. The van der Waals surface area contributed by atoms with Gasteiger partial charge in [-0.15, -0.1) is 0 Å². The number of nitrogens with two attached hydrogens (primary N) is 2. The summed E-state index contributed by atoms with van der Waals surface area (Å²) < 4.78 is 0. The van der Waals surface area contributed by atoms with Gasteiger partial charge in [-0.3, -0.25) is 14.5 Å². The van der Waals surface area contributed by atoms with E-state index >= 15 is 0 Å². The average Bonchev–Trinajstić information content (AvgIpc) is 2.43. The van der Waals surface area contributed by atoms with Gasteiger partial charge in [0.1, 0.15) is 5.75 Å². The molecule has 0 unspecified atom stereocenters. The zero-order valence-corrected chi connectivity index (χ0v) is 11.7. The number of carbonyl (C=O) groups excluding carboxylic acids is 2. The molecule has 21 heavy (non-hydrogen) atoms. The van der Waals surface area contributed by atoms with Gasteiger partial charge in [0.15, 0.2) is 0 Å². The Labute approximate surface area is 122 Å². The Morgan fingerprint density at radius 1 is 1.33 bits per heavy atom. The Kier molecular flexibility index (Phi) is 4.64. The molecular weight excluding hydrogens is 272 g/mol. The van der Waals surface area contributed by atoms with Crippen LogP contribution in [-0.4, -0.2) is 47.5 Å². The fourth-order valence-corrected chi connectivity index (χ4v) is 2.41. The molecule has 1 aromatic rings. The van der Waals surface area contributed by atoms with Gasteiger partial charge in [0, 0.05) is 24.7 Å². The number of anilines is 1. The van der Waals surface area contributed by atoms with Crippen LogP contribution in [-0.2, 0) is 4.79 Å². The number of carbonyl (C=O) groups is 2. The van der Waals surface area contributed by atoms with Gasteiger partial charge in [0.05, 0.1) is 12.2 Å². The van der Waals surface area contributed by atoms with E-state index in [4.69, 9.17) is 11.5 Å². The molecular formula is C14H20N4O3. The second-order valence-corrected chi connectivity index (χ2v) is 5.26.